The lowest BCUT2D eigenvalue weighted by Gasteiger charge is -2.11. The quantitative estimate of drug-likeness (QED) is 0.791. The number of benzene rings is 1. The Morgan fingerprint density at radius 2 is 2.06 bits per heavy atom. The molecule has 5 heteroatoms. The summed E-state index contributed by atoms with van der Waals surface area (Å²) in [5.74, 6) is 0.555. The molecule has 2 aromatic rings. The number of carbonyl (C=O) groups excluding carboxylic acids is 1. The summed E-state index contributed by atoms with van der Waals surface area (Å²) in [6.07, 6.45) is 0. The van der Waals surface area contributed by atoms with Gasteiger partial charge in [0.15, 0.2) is 0 Å². The molecule has 5 nitrogen and oxygen atoms in total. The van der Waals surface area contributed by atoms with Crippen molar-refractivity contribution in [2.24, 2.45) is 7.05 Å². The van der Waals surface area contributed by atoms with Crippen molar-refractivity contribution in [1.82, 2.24) is 14.5 Å². The highest BCUT2D eigenvalue weighted by molar-refractivity contribution is 5.90. The summed E-state index contributed by atoms with van der Waals surface area (Å²) < 4.78 is 1.86. The van der Waals surface area contributed by atoms with E-state index in [1.54, 1.807) is 14.1 Å². The van der Waals surface area contributed by atoms with Crippen LogP contribution in [0.2, 0.25) is 0 Å². The predicted molar refractivity (Wildman–Crippen MR) is 63.4 cm³/mol. The second kappa shape index (κ2) is 3.84. The zero-order valence-corrected chi connectivity index (χ0v) is 9.56. The molecule has 0 spiro atoms. The number of nitrogens with zero attached hydrogens (tertiary/aromatic N) is 3. The number of anilines is 1. The molecule has 0 atom stereocenters. The molecule has 2 rings (SSSR count). The molecule has 84 valence electrons. The van der Waals surface area contributed by atoms with Gasteiger partial charge < -0.3 is 9.47 Å². The fourth-order valence-electron chi connectivity index (χ4n) is 1.46. The third-order valence-electron chi connectivity index (χ3n) is 2.41. The zero-order chi connectivity index (χ0) is 11.7. The summed E-state index contributed by atoms with van der Waals surface area (Å²) in [6.45, 7) is 0. The van der Waals surface area contributed by atoms with E-state index in [0.29, 0.717) is 5.95 Å². The van der Waals surface area contributed by atoms with Gasteiger partial charge in [0, 0.05) is 21.1 Å². The van der Waals surface area contributed by atoms with Crippen LogP contribution in [0, 0.1) is 0 Å². The van der Waals surface area contributed by atoms with Gasteiger partial charge in [0.2, 0.25) is 5.95 Å². The number of hydrogen-bond donors (Lipinski definition) is 1. The lowest BCUT2D eigenvalue weighted by molar-refractivity contribution is 0.230. The summed E-state index contributed by atoms with van der Waals surface area (Å²) in [6, 6.07) is 7.57. The summed E-state index contributed by atoms with van der Waals surface area (Å²) in [4.78, 5) is 17.3. The maximum absolute atomic E-state index is 11.5. The average Bonchev–Trinajstić information content (AvgIpc) is 2.56. The molecule has 0 fully saturated rings. The number of amides is 2. The fraction of sp³-hybridized carbons (Fsp3) is 0.273. The molecule has 1 N–H and O–H groups in total. The van der Waals surface area contributed by atoms with E-state index in [2.05, 4.69) is 10.3 Å². The first-order valence-electron chi connectivity index (χ1n) is 4.99. The van der Waals surface area contributed by atoms with Crippen LogP contribution in [0.4, 0.5) is 10.7 Å². The van der Waals surface area contributed by atoms with Gasteiger partial charge in [-0.1, -0.05) is 12.1 Å². The maximum Gasteiger partial charge on any atom is 0.323 e. The van der Waals surface area contributed by atoms with Crippen LogP contribution < -0.4 is 5.32 Å². The van der Waals surface area contributed by atoms with Crippen LogP contribution in [0.15, 0.2) is 24.3 Å². The van der Waals surface area contributed by atoms with Gasteiger partial charge in [-0.05, 0) is 12.1 Å². The largest absolute Gasteiger partial charge is 0.331 e. The Morgan fingerprint density at radius 1 is 1.38 bits per heavy atom. The van der Waals surface area contributed by atoms with E-state index in [1.807, 2.05) is 35.9 Å². The van der Waals surface area contributed by atoms with E-state index in [0.717, 1.165) is 11.0 Å². The van der Waals surface area contributed by atoms with Gasteiger partial charge in [0.05, 0.1) is 11.0 Å². The molecule has 0 aliphatic carbocycles. The number of para-hydroxylation sites is 2. The zero-order valence-electron chi connectivity index (χ0n) is 9.56. The number of hydrogen-bond acceptors (Lipinski definition) is 2. The number of nitrogens with one attached hydrogen (secondary N) is 1. The first-order chi connectivity index (χ1) is 7.59. The Morgan fingerprint density at radius 3 is 2.69 bits per heavy atom. The molecule has 0 saturated heterocycles. The highest BCUT2D eigenvalue weighted by Crippen LogP contribution is 2.17. The van der Waals surface area contributed by atoms with Crippen LogP contribution in [0.5, 0.6) is 0 Å². The Kier molecular flexibility index (Phi) is 2.52. The number of carbonyl (C=O) groups is 1. The molecule has 1 aromatic carbocycles. The van der Waals surface area contributed by atoms with Crippen molar-refractivity contribution in [2.75, 3.05) is 19.4 Å². The topological polar surface area (TPSA) is 50.2 Å². The molecule has 1 heterocycles. The molecule has 0 unspecified atom stereocenters. The highest BCUT2D eigenvalue weighted by atomic mass is 16.2. The molecule has 16 heavy (non-hydrogen) atoms. The van der Waals surface area contributed by atoms with Crippen molar-refractivity contribution in [3.63, 3.8) is 0 Å². The first kappa shape index (κ1) is 10.5. The van der Waals surface area contributed by atoms with Crippen LogP contribution in [-0.2, 0) is 7.05 Å². The second-order valence-electron chi connectivity index (χ2n) is 3.81. The van der Waals surface area contributed by atoms with Crippen LogP contribution in [-0.4, -0.2) is 34.6 Å². The smallest absolute Gasteiger partial charge is 0.323 e. The molecule has 0 saturated carbocycles. The number of urea groups is 1. The van der Waals surface area contributed by atoms with Crippen LogP contribution in [0.25, 0.3) is 11.0 Å². The van der Waals surface area contributed by atoms with Crippen molar-refractivity contribution >= 4 is 23.0 Å². The second-order valence-corrected chi connectivity index (χ2v) is 3.81. The number of aryl methyl sites for hydroxylation is 1. The Labute approximate surface area is 93.7 Å². The summed E-state index contributed by atoms with van der Waals surface area (Å²) >= 11 is 0. The number of aromatic nitrogens is 2. The van der Waals surface area contributed by atoms with E-state index >= 15 is 0 Å². The molecule has 0 aliphatic rings. The van der Waals surface area contributed by atoms with Crippen molar-refractivity contribution in [2.45, 2.75) is 0 Å². The minimum Gasteiger partial charge on any atom is -0.331 e. The average molecular weight is 218 g/mol. The van der Waals surface area contributed by atoms with Gasteiger partial charge in [-0.15, -0.1) is 0 Å². The maximum atomic E-state index is 11.5. The summed E-state index contributed by atoms with van der Waals surface area (Å²) in [5, 5.41) is 2.74. The van der Waals surface area contributed by atoms with E-state index in [-0.39, 0.29) is 6.03 Å². The van der Waals surface area contributed by atoms with Crippen molar-refractivity contribution in [3.8, 4) is 0 Å². The molecule has 2 amide bonds. The standard InChI is InChI=1S/C11H14N4O/c1-14(2)11(16)13-10-12-8-6-4-5-7-9(8)15(10)3/h4-7H,1-3H3,(H,12,13,16). The minimum absolute atomic E-state index is 0.182. The molecule has 0 bridgehead atoms. The number of fused-ring (bicyclic) bond motifs is 1. The summed E-state index contributed by atoms with van der Waals surface area (Å²) in [5.41, 5.74) is 1.87. The Hall–Kier alpha value is -2.04. The lowest BCUT2D eigenvalue weighted by atomic mass is 10.3. The third-order valence-corrected chi connectivity index (χ3v) is 2.41. The Balaban J connectivity index is 2.38. The fourth-order valence-corrected chi connectivity index (χ4v) is 1.46. The lowest BCUT2D eigenvalue weighted by Crippen LogP contribution is -2.28. The van der Waals surface area contributed by atoms with E-state index in [1.165, 1.54) is 4.90 Å². The molecule has 0 aliphatic heterocycles. The molecule has 0 radical (unpaired) electrons. The van der Waals surface area contributed by atoms with E-state index in [9.17, 15) is 4.79 Å². The van der Waals surface area contributed by atoms with Gasteiger partial charge in [0.1, 0.15) is 0 Å². The van der Waals surface area contributed by atoms with Crippen LogP contribution in [0.3, 0.4) is 0 Å². The third kappa shape index (κ3) is 1.71. The first-order valence-corrected chi connectivity index (χ1v) is 4.99. The van der Waals surface area contributed by atoms with Crippen LogP contribution in [0.1, 0.15) is 0 Å². The van der Waals surface area contributed by atoms with Gasteiger partial charge in [-0.2, -0.15) is 0 Å². The van der Waals surface area contributed by atoms with Crippen molar-refractivity contribution in [1.29, 1.82) is 0 Å². The van der Waals surface area contributed by atoms with Gasteiger partial charge >= 0.3 is 6.03 Å². The monoisotopic (exact) mass is 218 g/mol. The number of rotatable bonds is 1. The van der Waals surface area contributed by atoms with Crippen LogP contribution >= 0.6 is 0 Å². The SMILES string of the molecule is CN(C)C(=O)Nc1nc2ccccc2n1C. The molecular weight excluding hydrogens is 204 g/mol. The van der Waals surface area contributed by atoms with Crippen molar-refractivity contribution < 1.29 is 4.79 Å². The Bertz CT molecular complexity index is 530. The normalized spacial score (nSPS) is 10.4. The van der Waals surface area contributed by atoms with Gasteiger partial charge in [-0.3, -0.25) is 5.32 Å². The van der Waals surface area contributed by atoms with E-state index in [4.69, 9.17) is 0 Å². The highest BCUT2D eigenvalue weighted by Gasteiger charge is 2.10. The minimum atomic E-state index is -0.182. The molecular formula is C11H14N4O. The number of imidazole rings is 1. The van der Waals surface area contributed by atoms with E-state index < -0.39 is 0 Å². The van der Waals surface area contributed by atoms with Crippen molar-refractivity contribution in [3.05, 3.63) is 24.3 Å². The molecule has 1 aromatic heterocycles. The van der Waals surface area contributed by atoms with Gasteiger partial charge in [0.25, 0.3) is 0 Å². The van der Waals surface area contributed by atoms with Gasteiger partial charge in [-0.25, -0.2) is 9.78 Å². The predicted octanol–water partition coefficient (Wildman–Crippen LogP) is 1.67. The summed E-state index contributed by atoms with van der Waals surface area (Å²) in [7, 11) is 5.26.